The average Bonchev–Trinajstić information content (AvgIpc) is 2.34. The Labute approximate surface area is 110 Å². The second kappa shape index (κ2) is 5.78. The van der Waals surface area contributed by atoms with Gasteiger partial charge in [0.25, 0.3) is 0 Å². The van der Waals surface area contributed by atoms with Crippen molar-refractivity contribution >= 4 is 5.91 Å². The monoisotopic (exact) mass is 278 g/mol. The molecule has 0 N–H and O–H groups in total. The van der Waals surface area contributed by atoms with Crippen LogP contribution in [0.1, 0.15) is 26.7 Å². The minimum atomic E-state index is -4.47. The first-order chi connectivity index (χ1) is 8.72. The van der Waals surface area contributed by atoms with E-state index in [4.69, 9.17) is 4.74 Å². The lowest BCUT2D eigenvalue weighted by molar-refractivity contribution is -0.171. The average molecular weight is 278 g/mol. The van der Waals surface area contributed by atoms with Crippen LogP contribution in [0.25, 0.3) is 0 Å². The zero-order valence-corrected chi connectivity index (χ0v) is 11.0. The number of halogens is 3. The quantitative estimate of drug-likeness (QED) is 0.794. The van der Waals surface area contributed by atoms with Crippen molar-refractivity contribution in [3.8, 4) is 6.07 Å². The fraction of sp³-hybridized carbons (Fsp3) is 0.833. The van der Waals surface area contributed by atoms with Gasteiger partial charge in [-0.05, 0) is 26.7 Å². The van der Waals surface area contributed by atoms with Gasteiger partial charge in [0.1, 0.15) is 12.0 Å². The Kier molecular flexibility index (Phi) is 4.80. The molecule has 1 aliphatic heterocycles. The number of carbonyl (C=O) groups is 1. The molecule has 0 aromatic rings. The fourth-order valence-corrected chi connectivity index (χ4v) is 2.05. The van der Waals surface area contributed by atoms with Gasteiger partial charge in [0.2, 0.25) is 5.91 Å². The molecule has 1 saturated heterocycles. The van der Waals surface area contributed by atoms with Crippen LogP contribution in [0.4, 0.5) is 13.2 Å². The molecule has 1 aliphatic rings. The first-order valence-corrected chi connectivity index (χ1v) is 6.09. The number of ether oxygens (including phenoxy) is 1. The molecule has 0 aromatic heterocycles. The van der Waals surface area contributed by atoms with Gasteiger partial charge in [-0.2, -0.15) is 18.4 Å². The van der Waals surface area contributed by atoms with Gasteiger partial charge in [-0.25, -0.2) is 0 Å². The molecule has 0 unspecified atom stereocenters. The van der Waals surface area contributed by atoms with E-state index in [-0.39, 0.29) is 26.1 Å². The lowest BCUT2D eigenvalue weighted by atomic mass is 9.80. The third-order valence-electron chi connectivity index (χ3n) is 3.20. The highest BCUT2D eigenvalue weighted by Crippen LogP contribution is 2.33. The van der Waals surface area contributed by atoms with Crippen LogP contribution in [0.2, 0.25) is 0 Å². The van der Waals surface area contributed by atoms with Crippen LogP contribution in [0, 0.1) is 16.7 Å². The van der Waals surface area contributed by atoms with Crippen LogP contribution in [-0.4, -0.2) is 42.8 Å². The summed E-state index contributed by atoms with van der Waals surface area (Å²) in [6.07, 6.45) is -4.19. The number of carbonyl (C=O) groups excluding carboxylic acids is 1. The lowest BCUT2D eigenvalue weighted by Crippen LogP contribution is -2.51. The third kappa shape index (κ3) is 3.83. The summed E-state index contributed by atoms with van der Waals surface area (Å²) in [7, 11) is 0. The molecule has 0 aromatic carbocycles. The summed E-state index contributed by atoms with van der Waals surface area (Å²) in [6, 6.07) is 1.29. The summed E-state index contributed by atoms with van der Waals surface area (Å²) in [4.78, 5) is 13.0. The Morgan fingerprint density at radius 1 is 1.42 bits per heavy atom. The predicted molar refractivity (Wildman–Crippen MR) is 61.0 cm³/mol. The standard InChI is InChI=1S/C12H17F3N2O2/c1-9(2)17(8-12(13,14)15)10(18)11(7-16)3-5-19-6-4-11/h9H,3-6,8H2,1-2H3. The molecular weight excluding hydrogens is 261 g/mol. The first kappa shape index (κ1) is 15.8. The van der Waals surface area contributed by atoms with Crippen molar-refractivity contribution in [2.45, 2.75) is 38.9 Å². The molecule has 0 spiro atoms. The summed E-state index contributed by atoms with van der Waals surface area (Å²) >= 11 is 0. The van der Waals surface area contributed by atoms with Gasteiger partial charge in [0.05, 0.1) is 6.07 Å². The molecule has 0 atom stereocenters. The minimum absolute atomic E-state index is 0.142. The van der Waals surface area contributed by atoms with Crippen molar-refractivity contribution in [1.29, 1.82) is 5.26 Å². The summed E-state index contributed by atoms with van der Waals surface area (Å²) < 4.78 is 42.6. The summed E-state index contributed by atoms with van der Waals surface area (Å²) in [5.74, 6) is -0.745. The van der Waals surface area contributed by atoms with Crippen molar-refractivity contribution in [3.05, 3.63) is 0 Å². The Hall–Kier alpha value is -1.29. The fourth-order valence-electron chi connectivity index (χ4n) is 2.05. The topological polar surface area (TPSA) is 53.3 Å². The van der Waals surface area contributed by atoms with Crippen molar-refractivity contribution in [2.24, 2.45) is 5.41 Å². The van der Waals surface area contributed by atoms with Crippen molar-refractivity contribution in [1.82, 2.24) is 4.90 Å². The van der Waals surface area contributed by atoms with E-state index in [0.29, 0.717) is 0 Å². The van der Waals surface area contributed by atoms with E-state index in [1.807, 2.05) is 6.07 Å². The zero-order valence-electron chi connectivity index (χ0n) is 11.0. The Morgan fingerprint density at radius 3 is 2.32 bits per heavy atom. The van der Waals surface area contributed by atoms with Gasteiger partial charge in [-0.1, -0.05) is 0 Å². The van der Waals surface area contributed by atoms with E-state index >= 15 is 0 Å². The predicted octanol–water partition coefficient (Wildman–Crippen LogP) is 2.11. The molecule has 0 aliphatic carbocycles. The van der Waals surface area contributed by atoms with Crippen molar-refractivity contribution < 1.29 is 22.7 Å². The van der Waals surface area contributed by atoms with E-state index < -0.39 is 30.1 Å². The summed E-state index contributed by atoms with van der Waals surface area (Å²) in [6.45, 7) is 2.13. The molecule has 4 nitrogen and oxygen atoms in total. The lowest BCUT2D eigenvalue weighted by Gasteiger charge is -2.37. The molecule has 108 valence electrons. The molecule has 7 heteroatoms. The smallest absolute Gasteiger partial charge is 0.381 e. The first-order valence-electron chi connectivity index (χ1n) is 6.09. The maximum absolute atomic E-state index is 12.5. The molecular formula is C12H17F3N2O2. The Morgan fingerprint density at radius 2 is 1.95 bits per heavy atom. The van der Waals surface area contributed by atoms with E-state index in [2.05, 4.69) is 0 Å². The SMILES string of the molecule is CC(C)N(CC(F)(F)F)C(=O)C1(C#N)CCOCC1. The van der Waals surface area contributed by atoms with Gasteiger partial charge in [0.15, 0.2) is 0 Å². The van der Waals surface area contributed by atoms with Crippen LogP contribution in [0.3, 0.4) is 0 Å². The number of nitriles is 1. The second-order valence-electron chi connectivity index (χ2n) is 4.95. The highest BCUT2D eigenvalue weighted by atomic mass is 19.4. The van der Waals surface area contributed by atoms with Gasteiger partial charge in [0, 0.05) is 19.3 Å². The molecule has 1 heterocycles. The number of amides is 1. The van der Waals surface area contributed by atoms with Gasteiger partial charge >= 0.3 is 6.18 Å². The van der Waals surface area contributed by atoms with Crippen molar-refractivity contribution in [3.63, 3.8) is 0 Å². The van der Waals surface area contributed by atoms with Crippen LogP contribution < -0.4 is 0 Å². The molecule has 1 fully saturated rings. The number of nitrogens with zero attached hydrogens (tertiary/aromatic N) is 2. The molecule has 0 radical (unpaired) electrons. The van der Waals surface area contributed by atoms with Crippen molar-refractivity contribution in [2.75, 3.05) is 19.8 Å². The number of rotatable bonds is 3. The molecule has 0 saturated carbocycles. The highest BCUT2D eigenvalue weighted by Gasteiger charge is 2.46. The minimum Gasteiger partial charge on any atom is -0.381 e. The molecule has 0 bridgehead atoms. The zero-order chi connectivity index (χ0) is 14.7. The maximum atomic E-state index is 12.5. The Bertz CT molecular complexity index is 368. The normalized spacial score (nSPS) is 19.0. The molecule has 19 heavy (non-hydrogen) atoms. The second-order valence-corrected chi connectivity index (χ2v) is 4.95. The number of hydrogen-bond acceptors (Lipinski definition) is 3. The van der Waals surface area contributed by atoms with E-state index in [9.17, 15) is 23.2 Å². The number of alkyl halides is 3. The molecule has 1 amide bonds. The van der Waals surface area contributed by atoms with Gasteiger partial charge in [-0.15, -0.1) is 0 Å². The highest BCUT2D eigenvalue weighted by molar-refractivity contribution is 5.86. The molecule has 1 rings (SSSR count). The summed E-state index contributed by atoms with van der Waals surface area (Å²) in [5.41, 5.74) is -1.38. The van der Waals surface area contributed by atoms with Gasteiger partial charge in [-0.3, -0.25) is 4.79 Å². The van der Waals surface area contributed by atoms with E-state index in [1.54, 1.807) is 0 Å². The van der Waals surface area contributed by atoms with Crippen LogP contribution >= 0.6 is 0 Å². The summed E-state index contributed by atoms with van der Waals surface area (Å²) in [5, 5.41) is 9.21. The van der Waals surface area contributed by atoms with Gasteiger partial charge < -0.3 is 9.64 Å². The largest absolute Gasteiger partial charge is 0.406 e. The van der Waals surface area contributed by atoms with E-state index in [0.717, 1.165) is 4.90 Å². The van der Waals surface area contributed by atoms with E-state index in [1.165, 1.54) is 13.8 Å². The number of hydrogen-bond donors (Lipinski definition) is 0. The third-order valence-corrected chi connectivity index (χ3v) is 3.20. The maximum Gasteiger partial charge on any atom is 0.406 e. The van der Waals surface area contributed by atoms with Crippen LogP contribution in [0.15, 0.2) is 0 Å². The Balaban J connectivity index is 2.95. The van der Waals surface area contributed by atoms with Crippen LogP contribution in [-0.2, 0) is 9.53 Å². The van der Waals surface area contributed by atoms with Crippen LogP contribution in [0.5, 0.6) is 0 Å².